The van der Waals surface area contributed by atoms with E-state index in [1.54, 1.807) is 42.5 Å². The van der Waals surface area contributed by atoms with Crippen molar-refractivity contribution in [2.45, 2.75) is 6.54 Å². The molecule has 0 atom stereocenters. The molecule has 0 saturated carbocycles. The van der Waals surface area contributed by atoms with Gasteiger partial charge >= 0.3 is 0 Å². The molecule has 4 nitrogen and oxygen atoms in total. The number of anilines is 2. The molecule has 0 aliphatic rings. The molecule has 0 saturated heterocycles. The van der Waals surface area contributed by atoms with Gasteiger partial charge in [0.25, 0.3) is 5.91 Å². The number of hydrogen-bond donors (Lipinski definition) is 2. The Morgan fingerprint density at radius 3 is 2.58 bits per heavy atom. The van der Waals surface area contributed by atoms with Gasteiger partial charge in [-0.25, -0.2) is 4.39 Å². The summed E-state index contributed by atoms with van der Waals surface area (Å²) in [6.45, 7) is 0.492. The van der Waals surface area contributed by atoms with Crippen LogP contribution < -0.4 is 10.6 Å². The summed E-state index contributed by atoms with van der Waals surface area (Å²) in [5.74, 6) is -0.684. The minimum Gasteiger partial charge on any atom is -0.381 e. The first kappa shape index (κ1) is 18.2. The van der Waals surface area contributed by atoms with Crippen LogP contribution in [0.3, 0.4) is 0 Å². The number of carbonyl (C=O) groups excluding carboxylic acids is 1. The fourth-order valence-electron chi connectivity index (χ4n) is 2.25. The predicted molar refractivity (Wildman–Crippen MR) is 102 cm³/mol. The van der Waals surface area contributed by atoms with Gasteiger partial charge in [0.05, 0.1) is 10.7 Å². The quantitative estimate of drug-likeness (QED) is 0.614. The Hall–Kier alpha value is -2.63. The molecule has 2 N–H and O–H groups in total. The van der Waals surface area contributed by atoms with E-state index in [1.165, 1.54) is 18.3 Å². The number of hydrogen-bond acceptors (Lipinski definition) is 3. The van der Waals surface area contributed by atoms with Gasteiger partial charge in [-0.2, -0.15) is 0 Å². The number of benzene rings is 2. The average Bonchev–Trinajstić information content (AvgIpc) is 2.64. The third kappa shape index (κ3) is 4.71. The van der Waals surface area contributed by atoms with Crippen molar-refractivity contribution < 1.29 is 9.18 Å². The van der Waals surface area contributed by atoms with Gasteiger partial charge in [0, 0.05) is 23.5 Å². The van der Waals surface area contributed by atoms with Crippen LogP contribution in [-0.2, 0) is 6.54 Å². The molecular formula is C19H14Cl2FN3O. The molecule has 132 valence electrons. The molecule has 3 rings (SSSR count). The molecule has 1 amide bonds. The van der Waals surface area contributed by atoms with Gasteiger partial charge in [-0.3, -0.25) is 9.78 Å². The number of nitrogens with one attached hydrogen (secondary N) is 2. The molecule has 1 aromatic heterocycles. The summed E-state index contributed by atoms with van der Waals surface area (Å²) in [6.07, 6.45) is 1.53. The van der Waals surface area contributed by atoms with Gasteiger partial charge in [-0.1, -0.05) is 35.3 Å². The maximum atomic E-state index is 12.9. The molecule has 0 spiro atoms. The molecule has 3 aromatic rings. The first-order valence-electron chi connectivity index (χ1n) is 7.72. The summed E-state index contributed by atoms with van der Waals surface area (Å²) in [6, 6.07) is 14.4. The van der Waals surface area contributed by atoms with E-state index < -0.39 is 5.91 Å². The van der Waals surface area contributed by atoms with E-state index in [0.717, 1.165) is 5.56 Å². The van der Waals surface area contributed by atoms with Crippen LogP contribution in [0.25, 0.3) is 0 Å². The van der Waals surface area contributed by atoms with Gasteiger partial charge in [0.15, 0.2) is 0 Å². The van der Waals surface area contributed by atoms with E-state index in [9.17, 15) is 9.18 Å². The number of carbonyl (C=O) groups is 1. The highest BCUT2D eigenvalue weighted by Crippen LogP contribution is 2.26. The molecule has 0 aliphatic carbocycles. The molecule has 0 fully saturated rings. The number of amides is 1. The van der Waals surface area contributed by atoms with E-state index >= 15 is 0 Å². The zero-order valence-electron chi connectivity index (χ0n) is 13.5. The molecule has 26 heavy (non-hydrogen) atoms. The molecule has 2 aromatic carbocycles. The SMILES string of the molecule is O=C(Nc1cc(Cl)ccc1Cl)c1cc(NCc2ccc(F)cc2)ccn1. The Kier molecular flexibility index (Phi) is 5.71. The van der Waals surface area contributed by atoms with Crippen LogP contribution in [0.4, 0.5) is 15.8 Å². The maximum absolute atomic E-state index is 12.9. The Morgan fingerprint density at radius 1 is 1.04 bits per heavy atom. The van der Waals surface area contributed by atoms with Crippen molar-refractivity contribution in [3.05, 3.63) is 87.9 Å². The van der Waals surface area contributed by atoms with Gasteiger partial charge < -0.3 is 10.6 Å². The van der Waals surface area contributed by atoms with Crippen molar-refractivity contribution in [3.63, 3.8) is 0 Å². The second-order valence-electron chi connectivity index (χ2n) is 5.49. The first-order valence-corrected chi connectivity index (χ1v) is 8.47. The Labute approximate surface area is 160 Å². The summed E-state index contributed by atoms with van der Waals surface area (Å²) in [5.41, 5.74) is 2.27. The van der Waals surface area contributed by atoms with Crippen LogP contribution in [0.2, 0.25) is 10.0 Å². The van der Waals surface area contributed by atoms with Crippen LogP contribution in [0.15, 0.2) is 60.8 Å². The summed E-state index contributed by atoms with van der Waals surface area (Å²) in [7, 11) is 0. The smallest absolute Gasteiger partial charge is 0.274 e. The van der Waals surface area contributed by atoms with E-state index in [-0.39, 0.29) is 11.5 Å². The zero-order chi connectivity index (χ0) is 18.5. The van der Waals surface area contributed by atoms with Crippen molar-refractivity contribution in [1.82, 2.24) is 4.98 Å². The van der Waals surface area contributed by atoms with E-state index in [0.29, 0.717) is 28.0 Å². The molecule has 1 heterocycles. The second kappa shape index (κ2) is 8.17. The average molecular weight is 390 g/mol. The molecule has 0 bridgehead atoms. The van der Waals surface area contributed by atoms with Crippen molar-refractivity contribution in [1.29, 1.82) is 0 Å². The van der Waals surface area contributed by atoms with Crippen molar-refractivity contribution >= 4 is 40.5 Å². The fraction of sp³-hybridized carbons (Fsp3) is 0.0526. The van der Waals surface area contributed by atoms with Gasteiger partial charge in [0.2, 0.25) is 0 Å². The van der Waals surface area contributed by atoms with Crippen LogP contribution in [-0.4, -0.2) is 10.9 Å². The van der Waals surface area contributed by atoms with Crippen molar-refractivity contribution in [3.8, 4) is 0 Å². The third-order valence-corrected chi connectivity index (χ3v) is 4.14. The van der Waals surface area contributed by atoms with Crippen LogP contribution in [0.5, 0.6) is 0 Å². The lowest BCUT2D eigenvalue weighted by Crippen LogP contribution is -2.14. The lowest BCUT2D eigenvalue weighted by Gasteiger charge is -2.10. The normalized spacial score (nSPS) is 10.4. The highest BCUT2D eigenvalue weighted by atomic mass is 35.5. The fourth-order valence-corrected chi connectivity index (χ4v) is 2.59. The minimum absolute atomic E-state index is 0.227. The molecular weight excluding hydrogens is 376 g/mol. The Balaban J connectivity index is 1.69. The van der Waals surface area contributed by atoms with E-state index in [4.69, 9.17) is 23.2 Å². The maximum Gasteiger partial charge on any atom is 0.274 e. The second-order valence-corrected chi connectivity index (χ2v) is 6.33. The number of halogens is 3. The van der Waals surface area contributed by atoms with Crippen molar-refractivity contribution in [2.24, 2.45) is 0 Å². The predicted octanol–water partition coefficient (Wildman–Crippen LogP) is 5.39. The van der Waals surface area contributed by atoms with E-state index in [2.05, 4.69) is 15.6 Å². The molecule has 0 aliphatic heterocycles. The number of pyridine rings is 1. The largest absolute Gasteiger partial charge is 0.381 e. The summed E-state index contributed by atoms with van der Waals surface area (Å²) >= 11 is 12.0. The minimum atomic E-state index is -0.403. The Bertz CT molecular complexity index is 932. The summed E-state index contributed by atoms with van der Waals surface area (Å²) in [4.78, 5) is 16.5. The zero-order valence-corrected chi connectivity index (χ0v) is 15.0. The molecule has 0 radical (unpaired) electrons. The first-order chi connectivity index (χ1) is 12.5. The van der Waals surface area contributed by atoms with Gasteiger partial charge in [0.1, 0.15) is 11.5 Å². The lowest BCUT2D eigenvalue weighted by atomic mass is 10.2. The lowest BCUT2D eigenvalue weighted by molar-refractivity contribution is 0.102. The summed E-state index contributed by atoms with van der Waals surface area (Å²) < 4.78 is 12.9. The van der Waals surface area contributed by atoms with Crippen molar-refractivity contribution in [2.75, 3.05) is 10.6 Å². The third-order valence-electron chi connectivity index (χ3n) is 3.58. The molecule has 0 unspecified atom stereocenters. The van der Waals surface area contributed by atoms with Crippen LogP contribution in [0.1, 0.15) is 16.1 Å². The molecule has 7 heteroatoms. The standard InChI is InChI=1S/C19H14Cl2FN3O/c20-13-3-6-16(21)17(9-13)25-19(26)18-10-15(7-8-23-18)24-11-12-1-4-14(22)5-2-12/h1-10H,11H2,(H,23,24)(H,25,26). The van der Waals surface area contributed by atoms with Crippen LogP contribution >= 0.6 is 23.2 Å². The van der Waals surface area contributed by atoms with Gasteiger partial charge in [-0.05, 0) is 48.0 Å². The summed E-state index contributed by atoms with van der Waals surface area (Å²) in [5, 5.41) is 6.71. The Morgan fingerprint density at radius 2 is 1.81 bits per heavy atom. The number of aromatic nitrogens is 1. The van der Waals surface area contributed by atoms with Gasteiger partial charge in [-0.15, -0.1) is 0 Å². The number of rotatable bonds is 5. The van der Waals surface area contributed by atoms with E-state index in [1.807, 2.05) is 0 Å². The van der Waals surface area contributed by atoms with Crippen LogP contribution in [0, 0.1) is 5.82 Å². The highest BCUT2D eigenvalue weighted by Gasteiger charge is 2.11. The highest BCUT2D eigenvalue weighted by molar-refractivity contribution is 6.35. The number of nitrogens with zero attached hydrogens (tertiary/aromatic N) is 1. The topological polar surface area (TPSA) is 54.0 Å². The monoisotopic (exact) mass is 389 g/mol.